The number of benzene rings is 2. The zero-order chi connectivity index (χ0) is 26.1. The third-order valence-corrected chi connectivity index (χ3v) is 7.08. The van der Waals surface area contributed by atoms with Crippen LogP contribution in [0, 0.1) is 0 Å². The molecule has 0 saturated carbocycles. The number of nitrogens with zero attached hydrogens (tertiary/aromatic N) is 3. The first-order valence-electron chi connectivity index (χ1n) is 11.3. The van der Waals surface area contributed by atoms with Gasteiger partial charge in [-0.25, -0.2) is 8.42 Å². The van der Waals surface area contributed by atoms with E-state index in [0.717, 1.165) is 27.3 Å². The van der Waals surface area contributed by atoms with Gasteiger partial charge in [0.2, 0.25) is 21.8 Å². The molecule has 36 heavy (non-hydrogen) atoms. The molecule has 2 amide bonds. The Morgan fingerprint density at radius 2 is 1.53 bits per heavy atom. The lowest BCUT2D eigenvalue weighted by Gasteiger charge is -2.31. The number of aromatic nitrogens is 1. The summed E-state index contributed by atoms with van der Waals surface area (Å²) in [5.74, 6) is -0.846. The Labute approximate surface area is 217 Å². The Bertz CT molecular complexity index is 1260. The highest BCUT2D eigenvalue weighted by molar-refractivity contribution is 7.88. The maximum absolute atomic E-state index is 13.5. The minimum absolute atomic E-state index is 0.0445. The first kappa shape index (κ1) is 27.3. The van der Waals surface area contributed by atoms with Gasteiger partial charge >= 0.3 is 0 Å². The number of carbonyl (C=O) groups excluding carboxylic acids is 2. The monoisotopic (exact) mass is 528 g/mol. The molecular formula is C26H29ClN4O4S. The van der Waals surface area contributed by atoms with Crippen LogP contribution in [0.1, 0.15) is 23.6 Å². The van der Waals surface area contributed by atoms with Crippen LogP contribution >= 0.6 is 11.6 Å². The SMILES string of the molecule is CC(C(=O)NCc1ccncc1)N(Cc1ccc(Cl)cc1)C(=O)CN(Cc1ccccc1)S(C)(=O)=O. The van der Waals surface area contributed by atoms with Crippen molar-refractivity contribution < 1.29 is 18.0 Å². The lowest BCUT2D eigenvalue weighted by Crippen LogP contribution is -2.50. The van der Waals surface area contributed by atoms with E-state index in [0.29, 0.717) is 5.02 Å². The molecule has 1 atom stereocenters. The lowest BCUT2D eigenvalue weighted by molar-refractivity contribution is -0.140. The summed E-state index contributed by atoms with van der Waals surface area (Å²) in [7, 11) is -3.70. The molecule has 0 spiro atoms. The highest BCUT2D eigenvalue weighted by Gasteiger charge is 2.29. The van der Waals surface area contributed by atoms with Gasteiger partial charge in [0, 0.05) is 37.1 Å². The van der Waals surface area contributed by atoms with Crippen LogP contribution in [-0.2, 0) is 39.2 Å². The number of amides is 2. The fourth-order valence-electron chi connectivity index (χ4n) is 3.53. The van der Waals surface area contributed by atoms with Crippen molar-refractivity contribution in [3.63, 3.8) is 0 Å². The largest absolute Gasteiger partial charge is 0.350 e. The number of nitrogens with one attached hydrogen (secondary N) is 1. The summed E-state index contributed by atoms with van der Waals surface area (Å²) in [5, 5.41) is 3.39. The molecular weight excluding hydrogens is 500 g/mol. The molecule has 0 bridgehead atoms. The summed E-state index contributed by atoms with van der Waals surface area (Å²) < 4.78 is 26.1. The third-order valence-electron chi connectivity index (χ3n) is 5.63. The van der Waals surface area contributed by atoms with Crippen molar-refractivity contribution in [2.24, 2.45) is 0 Å². The van der Waals surface area contributed by atoms with Gasteiger partial charge in [0.05, 0.1) is 12.8 Å². The molecule has 3 aromatic rings. The van der Waals surface area contributed by atoms with Gasteiger partial charge in [0.25, 0.3) is 0 Å². The van der Waals surface area contributed by atoms with Crippen molar-refractivity contribution in [2.45, 2.75) is 32.6 Å². The molecule has 1 aromatic heterocycles. The summed E-state index contributed by atoms with van der Waals surface area (Å²) in [4.78, 5) is 31.8. The van der Waals surface area contributed by atoms with E-state index < -0.39 is 28.5 Å². The lowest BCUT2D eigenvalue weighted by atomic mass is 10.1. The number of rotatable bonds is 11. The minimum Gasteiger partial charge on any atom is -0.350 e. The summed E-state index contributed by atoms with van der Waals surface area (Å²) >= 11 is 6.00. The molecule has 0 fully saturated rings. The van der Waals surface area contributed by atoms with Crippen LogP contribution in [0.3, 0.4) is 0 Å². The molecule has 1 unspecified atom stereocenters. The van der Waals surface area contributed by atoms with Gasteiger partial charge in [-0.15, -0.1) is 0 Å². The van der Waals surface area contributed by atoms with Gasteiger partial charge in [0.15, 0.2) is 0 Å². The number of halogens is 1. The number of pyridine rings is 1. The second-order valence-corrected chi connectivity index (χ2v) is 10.8. The Kier molecular flexibility index (Phi) is 9.58. The molecule has 0 saturated heterocycles. The summed E-state index contributed by atoms with van der Waals surface area (Å²) in [5.41, 5.74) is 2.38. The van der Waals surface area contributed by atoms with E-state index in [-0.39, 0.29) is 25.5 Å². The maximum atomic E-state index is 13.5. The van der Waals surface area contributed by atoms with Gasteiger partial charge in [-0.3, -0.25) is 14.6 Å². The Balaban J connectivity index is 1.80. The van der Waals surface area contributed by atoms with E-state index >= 15 is 0 Å². The zero-order valence-electron chi connectivity index (χ0n) is 20.2. The topological polar surface area (TPSA) is 99.7 Å². The zero-order valence-corrected chi connectivity index (χ0v) is 21.7. The maximum Gasteiger partial charge on any atom is 0.242 e. The van der Waals surface area contributed by atoms with E-state index in [4.69, 9.17) is 11.6 Å². The molecule has 0 aliphatic heterocycles. The van der Waals surface area contributed by atoms with E-state index in [1.807, 2.05) is 6.07 Å². The van der Waals surface area contributed by atoms with Gasteiger partial charge in [-0.05, 0) is 47.9 Å². The highest BCUT2D eigenvalue weighted by atomic mass is 35.5. The van der Waals surface area contributed by atoms with Crippen LogP contribution in [0.4, 0.5) is 0 Å². The van der Waals surface area contributed by atoms with Crippen LogP contribution in [0.2, 0.25) is 5.02 Å². The minimum atomic E-state index is -3.70. The quantitative estimate of drug-likeness (QED) is 0.412. The number of hydrogen-bond donors (Lipinski definition) is 1. The second kappa shape index (κ2) is 12.6. The van der Waals surface area contributed by atoms with E-state index in [1.165, 1.54) is 4.90 Å². The first-order chi connectivity index (χ1) is 17.1. The van der Waals surface area contributed by atoms with Gasteiger partial charge in [0.1, 0.15) is 6.04 Å². The van der Waals surface area contributed by atoms with E-state index in [1.54, 1.807) is 80.0 Å². The predicted molar refractivity (Wildman–Crippen MR) is 139 cm³/mol. The van der Waals surface area contributed by atoms with Crippen molar-refractivity contribution in [3.8, 4) is 0 Å². The van der Waals surface area contributed by atoms with Gasteiger partial charge in [-0.2, -0.15) is 4.31 Å². The smallest absolute Gasteiger partial charge is 0.242 e. The van der Waals surface area contributed by atoms with Crippen LogP contribution in [-0.4, -0.2) is 53.3 Å². The Morgan fingerprint density at radius 1 is 0.917 bits per heavy atom. The standard InChI is InChI=1S/C26H29ClN4O4S/c1-20(26(33)29-16-21-12-14-28-15-13-21)31(18-23-8-10-24(27)11-9-23)25(32)19-30(36(2,34)35)17-22-6-4-3-5-7-22/h3-15,20H,16-19H2,1-2H3,(H,29,33). The van der Waals surface area contributed by atoms with Crippen molar-refractivity contribution in [3.05, 3.63) is 101 Å². The van der Waals surface area contributed by atoms with Crippen LogP contribution in [0.15, 0.2) is 79.1 Å². The fourth-order valence-corrected chi connectivity index (χ4v) is 4.38. The molecule has 10 heteroatoms. The molecule has 1 heterocycles. The van der Waals surface area contributed by atoms with Crippen molar-refractivity contribution in [2.75, 3.05) is 12.8 Å². The Morgan fingerprint density at radius 3 is 2.14 bits per heavy atom. The molecule has 1 N–H and O–H groups in total. The van der Waals surface area contributed by atoms with Crippen molar-refractivity contribution in [1.82, 2.24) is 19.5 Å². The third kappa shape index (κ3) is 8.15. The fraction of sp³-hybridized carbons (Fsp3) is 0.269. The summed E-state index contributed by atoms with van der Waals surface area (Å²) in [6.45, 7) is 1.66. The summed E-state index contributed by atoms with van der Waals surface area (Å²) in [6.07, 6.45) is 4.33. The van der Waals surface area contributed by atoms with Crippen LogP contribution < -0.4 is 5.32 Å². The molecule has 3 rings (SSSR count). The Hall–Kier alpha value is -3.27. The van der Waals surface area contributed by atoms with Crippen molar-refractivity contribution >= 4 is 33.4 Å². The normalized spacial score (nSPS) is 12.2. The first-order valence-corrected chi connectivity index (χ1v) is 13.6. The number of carbonyl (C=O) groups is 2. The summed E-state index contributed by atoms with van der Waals surface area (Å²) in [6, 6.07) is 18.7. The highest BCUT2D eigenvalue weighted by Crippen LogP contribution is 2.16. The molecule has 0 aliphatic rings. The molecule has 190 valence electrons. The molecule has 0 aliphatic carbocycles. The molecule has 2 aromatic carbocycles. The van der Waals surface area contributed by atoms with Gasteiger partial charge in [-0.1, -0.05) is 54.1 Å². The average Bonchev–Trinajstić information content (AvgIpc) is 2.86. The second-order valence-electron chi connectivity index (χ2n) is 8.41. The molecule has 0 radical (unpaired) electrons. The predicted octanol–water partition coefficient (Wildman–Crippen LogP) is 3.23. The van der Waals surface area contributed by atoms with Crippen molar-refractivity contribution in [1.29, 1.82) is 0 Å². The van der Waals surface area contributed by atoms with Crippen LogP contribution in [0.5, 0.6) is 0 Å². The van der Waals surface area contributed by atoms with Gasteiger partial charge < -0.3 is 10.2 Å². The van der Waals surface area contributed by atoms with E-state index in [9.17, 15) is 18.0 Å². The molecule has 8 nitrogen and oxygen atoms in total. The van der Waals surface area contributed by atoms with Crippen LogP contribution in [0.25, 0.3) is 0 Å². The number of hydrogen-bond acceptors (Lipinski definition) is 5. The average molecular weight is 529 g/mol. The van der Waals surface area contributed by atoms with E-state index in [2.05, 4.69) is 10.3 Å². The number of sulfonamides is 1.